The molecule has 0 unspecified atom stereocenters. The molecule has 4 rings (SSSR count). The molecule has 0 heteroatoms. The Morgan fingerprint density at radius 1 is 0.538 bits per heavy atom. The number of hydrogen-bond donors (Lipinski definition) is 0. The maximum atomic E-state index is 2.35. The van der Waals surface area contributed by atoms with Gasteiger partial charge in [0.15, 0.2) is 0 Å². The highest BCUT2D eigenvalue weighted by molar-refractivity contribution is 5.19. The van der Waals surface area contributed by atoms with Crippen LogP contribution >= 0.6 is 0 Å². The van der Waals surface area contributed by atoms with Crippen molar-refractivity contribution >= 4 is 0 Å². The molecule has 3 saturated carbocycles. The SMILES string of the molecule is c1ccc(C2CCC(C3CCC(CCC4CCCCC4)CC3)CC2)cc1. The summed E-state index contributed by atoms with van der Waals surface area (Å²) in [6.07, 6.45) is 22.8. The second kappa shape index (κ2) is 9.43. The molecule has 3 fully saturated rings. The van der Waals surface area contributed by atoms with Crippen LogP contribution < -0.4 is 0 Å². The van der Waals surface area contributed by atoms with Gasteiger partial charge in [0.25, 0.3) is 0 Å². The third kappa shape index (κ3) is 4.93. The molecule has 0 radical (unpaired) electrons. The van der Waals surface area contributed by atoms with Crippen molar-refractivity contribution in [3.8, 4) is 0 Å². The molecule has 0 amide bonds. The molecule has 0 heterocycles. The lowest BCUT2D eigenvalue weighted by atomic mass is 9.67. The minimum Gasteiger partial charge on any atom is -0.0622 e. The third-order valence-corrected chi connectivity index (χ3v) is 8.31. The highest BCUT2D eigenvalue weighted by Crippen LogP contribution is 2.44. The molecule has 3 aliphatic rings. The van der Waals surface area contributed by atoms with Crippen molar-refractivity contribution in [2.45, 2.75) is 102 Å². The van der Waals surface area contributed by atoms with Gasteiger partial charge in [-0.25, -0.2) is 0 Å². The van der Waals surface area contributed by atoms with E-state index >= 15 is 0 Å². The molecule has 0 spiro atoms. The molecule has 0 atom stereocenters. The third-order valence-electron chi connectivity index (χ3n) is 8.31. The van der Waals surface area contributed by atoms with E-state index in [1.807, 2.05) is 0 Å². The maximum Gasteiger partial charge on any atom is -0.0162 e. The molecule has 0 aromatic heterocycles. The minimum atomic E-state index is 0.847. The number of rotatable bonds is 5. The van der Waals surface area contributed by atoms with Crippen molar-refractivity contribution in [2.75, 3.05) is 0 Å². The van der Waals surface area contributed by atoms with Crippen molar-refractivity contribution in [1.29, 1.82) is 0 Å². The fourth-order valence-corrected chi connectivity index (χ4v) is 6.54. The highest BCUT2D eigenvalue weighted by Gasteiger charge is 2.31. The Hall–Kier alpha value is -0.780. The Kier molecular flexibility index (Phi) is 6.74. The molecule has 0 N–H and O–H groups in total. The highest BCUT2D eigenvalue weighted by atomic mass is 14.4. The topological polar surface area (TPSA) is 0 Å². The van der Waals surface area contributed by atoms with Crippen LogP contribution in [0.25, 0.3) is 0 Å². The predicted octanol–water partition coefficient (Wildman–Crippen LogP) is 8.13. The summed E-state index contributed by atoms with van der Waals surface area (Å²) in [5.74, 6) is 5.13. The van der Waals surface area contributed by atoms with Crippen molar-refractivity contribution in [2.24, 2.45) is 23.7 Å². The van der Waals surface area contributed by atoms with Gasteiger partial charge in [0, 0.05) is 0 Å². The van der Waals surface area contributed by atoms with E-state index in [0.717, 1.165) is 29.6 Å². The van der Waals surface area contributed by atoms with Gasteiger partial charge in [-0.1, -0.05) is 88.1 Å². The van der Waals surface area contributed by atoms with E-state index in [4.69, 9.17) is 0 Å². The molecule has 0 aliphatic heterocycles. The van der Waals surface area contributed by atoms with Gasteiger partial charge in [0.05, 0.1) is 0 Å². The van der Waals surface area contributed by atoms with Crippen molar-refractivity contribution in [1.82, 2.24) is 0 Å². The lowest BCUT2D eigenvalue weighted by Gasteiger charge is -2.38. The largest absolute Gasteiger partial charge is 0.0622 e. The molecule has 1 aromatic carbocycles. The van der Waals surface area contributed by atoms with E-state index in [1.165, 1.54) is 44.9 Å². The van der Waals surface area contributed by atoms with Gasteiger partial charge in [0.1, 0.15) is 0 Å². The van der Waals surface area contributed by atoms with Gasteiger partial charge in [-0.3, -0.25) is 0 Å². The van der Waals surface area contributed by atoms with Gasteiger partial charge >= 0.3 is 0 Å². The van der Waals surface area contributed by atoms with Crippen molar-refractivity contribution < 1.29 is 0 Å². The summed E-state index contributed by atoms with van der Waals surface area (Å²) in [6, 6.07) is 11.3. The summed E-state index contributed by atoms with van der Waals surface area (Å²) < 4.78 is 0. The van der Waals surface area contributed by atoms with E-state index in [1.54, 1.807) is 56.9 Å². The summed E-state index contributed by atoms with van der Waals surface area (Å²) in [7, 11) is 0. The molecular weight excluding hydrogens is 312 g/mol. The monoisotopic (exact) mass is 352 g/mol. The second-order valence-electron chi connectivity index (χ2n) is 9.88. The summed E-state index contributed by atoms with van der Waals surface area (Å²) in [6.45, 7) is 0. The fraction of sp³-hybridized carbons (Fsp3) is 0.769. The van der Waals surface area contributed by atoms with Crippen molar-refractivity contribution in [3.05, 3.63) is 35.9 Å². The second-order valence-corrected chi connectivity index (χ2v) is 9.88. The Labute approximate surface area is 162 Å². The zero-order valence-electron chi connectivity index (χ0n) is 16.9. The van der Waals surface area contributed by atoms with Crippen LogP contribution in [0.4, 0.5) is 0 Å². The first-order chi connectivity index (χ1) is 12.9. The molecule has 1 aromatic rings. The van der Waals surface area contributed by atoms with Gasteiger partial charge in [-0.05, 0) is 73.7 Å². The number of hydrogen-bond acceptors (Lipinski definition) is 0. The van der Waals surface area contributed by atoms with Gasteiger partial charge in [-0.15, -0.1) is 0 Å². The lowest BCUT2D eigenvalue weighted by Crippen LogP contribution is -2.25. The Bertz CT molecular complexity index is 496. The minimum absolute atomic E-state index is 0.847. The van der Waals surface area contributed by atoms with Crippen LogP contribution in [0, 0.1) is 23.7 Å². The van der Waals surface area contributed by atoms with E-state index in [2.05, 4.69) is 30.3 Å². The van der Waals surface area contributed by atoms with Gasteiger partial charge < -0.3 is 0 Å². The van der Waals surface area contributed by atoms with Gasteiger partial charge in [-0.2, -0.15) is 0 Å². The fourth-order valence-electron chi connectivity index (χ4n) is 6.54. The summed E-state index contributed by atoms with van der Waals surface area (Å²) in [5.41, 5.74) is 1.59. The number of benzene rings is 1. The Morgan fingerprint density at radius 2 is 1.08 bits per heavy atom. The molecule has 144 valence electrons. The molecule has 0 bridgehead atoms. The average molecular weight is 353 g/mol. The molecule has 3 aliphatic carbocycles. The van der Waals surface area contributed by atoms with Gasteiger partial charge in [0.2, 0.25) is 0 Å². The van der Waals surface area contributed by atoms with Crippen LogP contribution in [-0.2, 0) is 0 Å². The quantitative estimate of drug-likeness (QED) is 0.502. The normalized spacial score (nSPS) is 33.8. The Morgan fingerprint density at radius 3 is 1.69 bits per heavy atom. The standard InChI is InChI=1S/C26H40/c1-3-7-21(8-4-1)11-12-22-13-15-24(16-14-22)26-19-17-25(18-20-26)23-9-5-2-6-10-23/h2,5-6,9-10,21-22,24-26H,1,3-4,7-8,11-20H2. The van der Waals surface area contributed by atoms with Crippen LogP contribution in [0.1, 0.15) is 108 Å². The first kappa shape index (κ1) is 18.6. The lowest BCUT2D eigenvalue weighted by molar-refractivity contribution is 0.151. The van der Waals surface area contributed by atoms with Crippen LogP contribution in [-0.4, -0.2) is 0 Å². The first-order valence-corrected chi connectivity index (χ1v) is 11.9. The molecule has 26 heavy (non-hydrogen) atoms. The van der Waals surface area contributed by atoms with Crippen LogP contribution in [0.15, 0.2) is 30.3 Å². The van der Waals surface area contributed by atoms with Crippen molar-refractivity contribution in [3.63, 3.8) is 0 Å². The van der Waals surface area contributed by atoms with E-state index in [-0.39, 0.29) is 0 Å². The molecule has 0 saturated heterocycles. The molecule has 0 nitrogen and oxygen atoms in total. The molecular formula is C26H40. The summed E-state index contributed by atoms with van der Waals surface area (Å²) in [4.78, 5) is 0. The average Bonchev–Trinajstić information content (AvgIpc) is 2.74. The van der Waals surface area contributed by atoms with Crippen LogP contribution in [0.5, 0.6) is 0 Å². The van der Waals surface area contributed by atoms with E-state index in [0.29, 0.717) is 0 Å². The van der Waals surface area contributed by atoms with Crippen LogP contribution in [0.3, 0.4) is 0 Å². The zero-order valence-corrected chi connectivity index (χ0v) is 16.9. The smallest absolute Gasteiger partial charge is 0.0162 e. The summed E-state index contributed by atoms with van der Waals surface area (Å²) >= 11 is 0. The first-order valence-electron chi connectivity index (χ1n) is 11.9. The van der Waals surface area contributed by atoms with E-state index < -0.39 is 0 Å². The zero-order chi connectivity index (χ0) is 17.6. The van der Waals surface area contributed by atoms with Crippen LogP contribution in [0.2, 0.25) is 0 Å². The maximum absolute atomic E-state index is 2.35. The Balaban J connectivity index is 1.16. The van der Waals surface area contributed by atoms with E-state index in [9.17, 15) is 0 Å². The predicted molar refractivity (Wildman–Crippen MR) is 112 cm³/mol. The summed E-state index contributed by atoms with van der Waals surface area (Å²) in [5, 5.41) is 0.